The number of carbonyl (C=O) groups is 2. The second kappa shape index (κ2) is 7.62. The summed E-state index contributed by atoms with van der Waals surface area (Å²) in [6, 6.07) is 10.3. The lowest BCUT2D eigenvalue weighted by Gasteiger charge is -2.29. The Morgan fingerprint density at radius 2 is 1.87 bits per heavy atom. The van der Waals surface area contributed by atoms with Crippen molar-refractivity contribution in [1.29, 1.82) is 0 Å². The standard InChI is InChI=1S/C19H26N2O2/c22-17(14-21-13-7-6-12-18(21)23)20-19(16-10-4-5-11-16)15-8-2-1-3-9-15/h1-3,8-9,16,19H,4-7,10-14H2,(H,20,22). The van der Waals surface area contributed by atoms with Crippen molar-refractivity contribution in [1.82, 2.24) is 10.2 Å². The van der Waals surface area contributed by atoms with Crippen LogP contribution in [0.25, 0.3) is 0 Å². The van der Waals surface area contributed by atoms with Gasteiger partial charge in [-0.15, -0.1) is 0 Å². The van der Waals surface area contributed by atoms with E-state index in [4.69, 9.17) is 0 Å². The molecule has 1 saturated carbocycles. The molecule has 1 aromatic rings. The summed E-state index contributed by atoms with van der Waals surface area (Å²) in [7, 11) is 0. The lowest BCUT2D eigenvalue weighted by Crippen LogP contribution is -2.44. The number of likely N-dealkylation sites (tertiary alicyclic amines) is 1. The zero-order chi connectivity index (χ0) is 16.1. The minimum atomic E-state index is -0.0268. The highest BCUT2D eigenvalue weighted by atomic mass is 16.2. The predicted octanol–water partition coefficient (Wildman–Crippen LogP) is 3.05. The van der Waals surface area contributed by atoms with Gasteiger partial charge in [0.05, 0.1) is 12.6 Å². The molecule has 0 radical (unpaired) electrons. The Morgan fingerprint density at radius 1 is 1.13 bits per heavy atom. The van der Waals surface area contributed by atoms with Gasteiger partial charge in [0.2, 0.25) is 11.8 Å². The molecule has 2 amide bonds. The zero-order valence-corrected chi connectivity index (χ0v) is 13.7. The Hall–Kier alpha value is -1.84. The molecular formula is C19H26N2O2. The van der Waals surface area contributed by atoms with Gasteiger partial charge in [0.1, 0.15) is 0 Å². The van der Waals surface area contributed by atoms with Crippen molar-refractivity contribution in [2.45, 2.75) is 51.0 Å². The molecule has 4 heteroatoms. The second-order valence-corrected chi connectivity index (χ2v) is 6.77. The molecule has 1 aliphatic carbocycles. The largest absolute Gasteiger partial charge is 0.347 e. The monoisotopic (exact) mass is 314 g/mol. The number of amides is 2. The minimum Gasteiger partial charge on any atom is -0.347 e. The van der Waals surface area contributed by atoms with Gasteiger partial charge in [-0.25, -0.2) is 0 Å². The maximum absolute atomic E-state index is 12.5. The molecule has 1 unspecified atom stereocenters. The van der Waals surface area contributed by atoms with Gasteiger partial charge in [0.15, 0.2) is 0 Å². The number of nitrogens with zero attached hydrogens (tertiary/aromatic N) is 1. The smallest absolute Gasteiger partial charge is 0.240 e. The predicted molar refractivity (Wildman–Crippen MR) is 89.7 cm³/mol. The quantitative estimate of drug-likeness (QED) is 0.908. The molecule has 1 atom stereocenters. The summed E-state index contributed by atoms with van der Waals surface area (Å²) in [6.45, 7) is 0.917. The Balaban J connectivity index is 1.65. The molecule has 1 aromatic carbocycles. The minimum absolute atomic E-state index is 0.0268. The van der Waals surface area contributed by atoms with Crippen LogP contribution in [-0.4, -0.2) is 29.8 Å². The van der Waals surface area contributed by atoms with E-state index in [2.05, 4.69) is 17.4 Å². The van der Waals surface area contributed by atoms with Gasteiger partial charge in [-0.2, -0.15) is 0 Å². The summed E-state index contributed by atoms with van der Waals surface area (Å²) >= 11 is 0. The number of rotatable bonds is 5. The summed E-state index contributed by atoms with van der Waals surface area (Å²) in [4.78, 5) is 26.1. The molecule has 0 aromatic heterocycles. The average molecular weight is 314 g/mol. The van der Waals surface area contributed by atoms with E-state index in [1.54, 1.807) is 4.90 Å². The van der Waals surface area contributed by atoms with Crippen molar-refractivity contribution in [2.24, 2.45) is 5.92 Å². The summed E-state index contributed by atoms with van der Waals surface area (Å²) in [5, 5.41) is 3.21. The van der Waals surface area contributed by atoms with Crippen LogP contribution in [0.4, 0.5) is 0 Å². The lowest BCUT2D eigenvalue weighted by molar-refractivity contribution is -0.138. The highest BCUT2D eigenvalue weighted by molar-refractivity contribution is 5.85. The van der Waals surface area contributed by atoms with Crippen molar-refractivity contribution in [3.63, 3.8) is 0 Å². The molecule has 2 aliphatic rings. The summed E-state index contributed by atoms with van der Waals surface area (Å²) < 4.78 is 0. The van der Waals surface area contributed by atoms with Gasteiger partial charge in [-0.3, -0.25) is 9.59 Å². The number of hydrogen-bond donors (Lipinski definition) is 1. The van der Waals surface area contributed by atoms with E-state index in [1.165, 1.54) is 31.2 Å². The van der Waals surface area contributed by atoms with Gasteiger partial charge in [0, 0.05) is 13.0 Å². The third-order valence-electron chi connectivity index (χ3n) is 5.10. The van der Waals surface area contributed by atoms with E-state index in [0.717, 1.165) is 12.8 Å². The second-order valence-electron chi connectivity index (χ2n) is 6.77. The maximum Gasteiger partial charge on any atom is 0.240 e. The molecule has 1 saturated heterocycles. The first-order chi connectivity index (χ1) is 11.2. The lowest BCUT2D eigenvalue weighted by atomic mass is 9.91. The van der Waals surface area contributed by atoms with Crippen LogP contribution in [0.1, 0.15) is 56.6 Å². The summed E-state index contributed by atoms with van der Waals surface area (Å²) in [5.41, 5.74) is 1.18. The molecule has 1 N–H and O–H groups in total. The van der Waals surface area contributed by atoms with Crippen LogP contribution in [0, 0.1) is 5.92 Å². The SMILES string of the molecule is O=C(CN1CCCCC1=O)NC(c1ccccc1)C1CCCC1. The zero-order valence-electron chi connectivity index (χ0n) is 13.7. The fourth-order valence-corrected chi connectivity index (χ4v) is 3.85. The van der Waals surface area contributed by atoms with Crippen LogP contribution >= 0.6 is 0 Å². The Labute approximate surface area is 138 Å². The van der Waals surface area contributed by atoms with Gasteiger partial charge < -0.3 is 10.2 Å². The van der Waals surface area contributed by atoms with Crippen LogP contribution < -0.4 is 5.32 Å². The van der Waals surface area contributed by atoms with E-state index >= 15 is 0 Å². The highest BCUT2D eigenvalue weighted by Crippen LogP contribution is 2.35. The number of benzene rings is 1. The molecule has 1 heterocycles. The number of nitrogens with one attached hydrogen (secondary N) is 1. The van der Waals surface area contributed by atoms with Gasteiger partial charge in [-0.05, 0) is 37.2 Å². The summed E-state index contributed by atoms with van der Waals surface area (Å²) in [6.07, 6.45) is 7.36. The Morgan fingerprint density at radius 3 is 2.57 bits per heavy atom. The molecule has 4 nitrogen and oxygen atoms in total. The summed E-state index contributed by atoms with van der Waals surface area (Å²) in [5.74, 6) is 0.600. The van der Waals surface area contributed by atoms with Crippen molar-refractivity contribution in [3.8, 4) is 0 Å². The van der Waals surface area contributed by atoms with Crippen LogP contribution in [0.5, 0.6) is 0 Å². The van der Waals surface area contributed by atoms with Crippen molar-refractivity contribution in [2.75, 3.05) is 13.1 Å². The topological polar surface area (TPSA) is 49.4 Å². The first kappa shape index (κ1) is 16.0. The van der Waals surface area contributed by atoms with Crippen LogP contribution in [-0.2, 0) is 9.59 Å². The molecule has 124 valence electrons. The number of piperidine rings is 1. The first-order valence-corrected chi connectivity index (χ1v) is 8.86. The normalized spacial score (nSPS) is 20.5. The van der Waals surface area contributed by atoms with E-state index in [0.29, 0.717) is 18.9 Å². The highest BCUT2D eigenvalue weighted by Gasteiger charge is 2.28. The molecule has 2 fully saturated rings. The van der Waals surface area contributed by atoms with E-state index in [9.17, 15) is 9.59 Å². The molecule has 1 aliphatic heterocycles. The van der Waals surface area contributed by atoms with E-state index in [-0.39, 0.29) is 24.4 Å². The molecule has 3 rings (SSSR count). The molecular weight excluding hydrogens is 288 g/mol. The van der Waals surface area contributed by atoms with Gasteiger partial charge in [0.25, 0.3) is 0 Å². The maximum atomic E-state index is 12.5. The van der Waals surface area contributed by atoms with Crippen molar-refractivity contribution in [3.05, 3.63) is 35.9 Å². The van der Waals surface area contributed by atoms with Gasteiger partial charge in [-0.1, -0.05) is 43.2 Å². The Bertz CT molecular complexity index is 538. The van der Waals surface area contributed by atoms with E-state index < -0.39 is 0 Å². The molecule has 0 bridgehead atoms. The third-order valence-corrected chi connectivity index (χ3v) is 5.10. The van der Waals surface area contributed by atoms with Crippen LogP contribution in [0.15, 0.2) is 30.3 Å². The fraction of sp³-hybridized carbons (Fsp3) is 0.579. The van der Waals surface area contributed by atoms with Crippen molar-refractivity contribution < 1.29 is 9.59 Å². The van der Waals surface area contributed by atoms with Crippen molar-refractivity contribution >= 4 is 11.8 Å². The average Bonchev–Trinajstić information content (AvgIpc) is 3.10. The van der Waals surface area contributed by atoms with Gasteiger partial charge >= 0.3 is 0 Å². The number of hydrogen-bond acceptors (Lipinski definition) is 2. The third kappa shape index (κ3) is 4.12. The molecule has 23 heavy (non-hydrogen) atoms. The van der Waals surface area contributed by atoms with Crippen LogP contribution in [0.2, 0.25) is 0 Å². The molecule has 0 spiro atoms. The van der Waals surface area contributed by atoms with Crippen LogP contribution in [0.3, 0.4) is 0 Å². The van der Waals surface area contributed by atoms with E-state index in [1.807, 2.05) is 18.2 Å². The number of carbonyl (C=O) groups excluding carboxylic acids is 2. The fourth-order valence-electron chi connectivity index (χ4n) is 3.85. The Kier molecular flexibility index (Phi) is 5.31. The first-order valence-electron chi connectivity index (χ1n) is 8.86.